The van der Waals surface area contributed by atoms with Crippen molar-refractivity contribution in [2.45, 2.75) is 46.0 Å². The SMILES string of the molecule is Cc1ccc(CC(C)(C)c2nc(C)c(CC(=O)O)s2)cc1. The average Bonchev–Trinajstić information content (AvgIpc) is 2.74. The van der Waals surface area contributed by atoms with Crippen molar-refractivity contribution < 1.29 is 9.90 Å². The highest BCUT2D eigenvalue weighted by atomic mass is 32.1. The third-order valence-corrected chi connectivity index (χ3v) is 5.07. The van der Waals surface area contributed by atoms with E-state index in [-0.39, 0.29) is 11.8 Å². The number of aryl methyl sites for hydroxylation is 2. The Kier molecular flexibility index (Phi) is 4.47. The summed E-state index contributed by atoms with van der Waals surface area (Å²) in [6, 6.07) is 8.54. The number of nitrogens with zero attached hydrogens (tertiary/aromatic N) is 1. The van der Waals surface area contributed by atoms with Crippen molar-refractivity contribution in [3.8, 4) is 0 Å². The van der Waals surface area contributed by atoms with E-state index in [1.807, 2.05) is 6.92 Å². The van der Waals surface area contributed by atoms with Crippen LogP contribution in [-0.4, -0.2) is 16.1 Å². The molecule has 0 atom stereocenters. The molecule has 21 heavy (non-hydrogen) atoms. The Labute approximate surface area is 129 Å². The Hall–Kier alpha value is -1.68. The molecule has 112 valence electrons. The highest BCUT2D eigenvalue weighted by Gasteiger charge is 2.26. The molecule has 0 aliphatic rings. The van der Waals surface area contributed by atoms with Gasteiger partial charge in [0.15, 0.2) is 0 Å². The van der Waals surface area contributed by atoms with Gasteiger partial charge in [-0.1, -0.05) is 43.7 Å². The van der Waals surface area contributed by atoms with Crippen LogP contribution < -0.4 is 0 Å². The molecule has 3 nitrogen and oxygen atoms in total. The average molecular weight is 303 g/mol. The standard InChI is InChI=1S/C17H21NO2S/c1-11-5-7-13(8-6-11)10-17(3,4)16-18-12(2)14(21-16)9-15(19)20/h5-8H,9-10H2,1-4H3,(H,19,20). The fourth-order valence-electron chi connectivity index (χ4n) is 2.31. The second kappa shape index (κ2) is 5.98. The first kappa shape index (κ1) is 15.7. The van der Waals surface area contributed by atoms with E-state index in [0.29, 0.717) is 0 Å². The maximum absolute atomic E-state index is 10.9. The fourth-order valence-corrected chi connectivity index (χ4v) is 3.46. The molecule has 0 amide bonds. The molecule has 0 aliphatic carbocycles. The molecule has 0 aliphatic heterocycles. The topological polar surface area (TPSA) is 50.2 Å². The molecule has 0 spiro atoms. The Morgan fingerprint density at radius 3 is 2.43 bits per heavy atom. The third-order valence-electron chi connectivity index (χ3n) is 3.55. The summed E-state index contributed by atoms with van der Waals surface area (Å²) in [5.74, 6) is -0.801. The minimum absolute atomic E-state index is 0.0596. The second-order valence-electron chi connectivity index (χ2n) is 6.14. The number of carboxylic acid groups (broad SMARTS) is 1. The zero-order valence-electron chi connectivity index (χ0n) is 12.9. The van der Waals surface area contributed by atoms with Crippen LogP contribution in [0, 0.1) is 13.8 Å². The van der Waals surface area contributed by atoms with Gasteiger partial charge in [-0.2, -0.15) is 0 Å². The van der Waals surface area contributed by atoms with Crippen LogP contribution in [0.4, 0.5) is 0 Å². The minimum Gasteiger partial charge on any atom is -0.481 e. The predicted molar refractivity (Wildman–Crippen MR) is 86.1 cm³/mol. The lowest BCUT2D eigenvalue weighted by Gasteiger charge is -2.22. The summed E-state index contributed by atoms with van der Waals surface area (Å²) in [6.45, 7) is 8.29. The van der Waals surface area contributed by atoms with Gasteiger partial charge in [0, 0.05) is 10.3 Å². The molecule has 0 bridgehead atoms. The van der Waals surface area contributed by atoms with E-state index in [1.54, 1.807) is 0 Å². The van der Waals surface area contributed by atoms with Crippen molar-refractivity contribution in [1.29, 1.82) is 0 Å². The summed E-state index contributed by atoms with van der Waals surface area (Å²) < 4.78 is 0. The molecule has 1 aromatic carbocycles. The number of aliphatic carboxylic acids is 1. The molecule has 0 unspecified atom stereocenters. The van der Waals surface area contributed by atoms with Gasteiger partial charge in [0.2, 0.25) is 0 Å². The van der Waals surface area contributed by atoms with Gasteiger partial charge in [-0.25, -0.2) is 4.98 Å². The summed E-state index contributed by atoms with van der Waals surface area (Å²) in [5.41, 5.74) is 3.28. The minimum atomic E-state index is -0.801. The van der Waals surface area contributed by atoms with Crippen molar-refractivity contribution in [3.05, 3.63) is 51.0 Å². The van der Waals surface area contributed by atoms with Crippen LogP contribution in [0.25, 0.3) is 0 Å². The number of rotatable bonds is 5. The first-order valence-electron chi connectivity index (χ1n) is 7.02. The van der Waals surface area contributed by atoms with Crippen LogP contribution in [0.1, 0.15) is 40.6 Å². The van der Waals surface area contributed by atoms with E-state index in [9.17, 15) is 4.79 Å². The molecule has 2 aromatic rings. The summed E-state index contributed by atoms with van der Waals surface area (Å²) >= 11 is 1.53. The number of carbonyl (C=O) groups is 1. The Balaban J connectivity index is 2.22. The zero-order chi connectivity index (χ0) is 15.6. The summed E-state index contributed by atoms with van der Waals surface area (Å²) in [7, 11) is 0. The monoisotopic (exact) mass is 303 g/mol. The Bertz CT molecular complexity index is 641. The van der Waals surface area contributed by atoms with Gasteiger partial charge < -0.3 is 5.11 Å². The van der Waals surface area contributed by atoms with Crippen molar-refractivity contribution in [2.24, 2.45) is 0 Å². The van der Waals surface area contributed by atoms with Gasteiger partial charge in [0.05, 0.1) is 17.1 Å². The summed E-state index contributed by atoms with van der Waals surface area (Å²) in [4.78, 5) is 16.3. The van der Waals surface area contributed by atoms with E-state index in [4.69, 9.17) is 5.11 Å². The van der Waals surface area contributed by atoms with Gasteiger partial charge in [-0.05, 0) is 25.8 Å². The quantitative estimate of drug-likeness (QED) is 0.911. The molecule has 0 saturated carbocycles. The van der Waals surface area contributed by atoms with Crippen LogP contribution in [-0.2, 0) is 23.1 Å². The molecule has 2 rings (SSSR count). The van der Waals surface area contributed by atoms with Crippen LogP contribution in [0.3, 0.4) is 0 Å². The van der Waals surface area contributed by atoms with Crippen LogP contribution >= 0.6 is 11.3 Å². The number of hydrogen-bond donors (Lipinski definition) is 1. The smallest absolute Gasteiger partial charge is 0.308 e. The highest BCUT2D eigenvalue weighted by molar-refractivity contribution is 7.12. The van der Waals surface area contributed by atoms with Gasteiger partial charge >= 0.3 is 5.97 Å². The molecule has 4 heteroatoms. The summed E-state index contributed by atoms with van der Waals surface area (Å²) in [5, 5.41) is 9.95. The van der Waals surface area contributed by atoms with E-state index in [1.165, 1.54) is 22.5 Å². The van der Waals surface area contributed by atoms with Crippen molar-refractivity contribution in [3.63, 3.8) is 0 Å². The largest absolute Gasteiger partial charge is 0.481 e. The van der Waals surface area contributed by atoms with Gasteiger partial charge in [0.1, 0.15) is 0 Å². The molecular weight excluding hydrogens is 282 g/mol. The Morgan fingerprint density at radius 1 is 1.24 bits per heavy atom. The van der Waals surface area contributed by atoms with Gasteiger partial charge in [-0.3, -0.25) is 4.79 Å². The third kappa shape index (κ3) is 3.91. The molecule has 0 fully saturated rings. The zero-order valence-corrected chi connectivity index (χ0v) is 13.8. The lowest BCUT2D eigenvalue weighted by Crippen LogP contribution is -2.20. The molecule has 1 N–H and O–H groups in total. The number of hydrogen-bond acceptors (Lipinski definition) is 3. The number of carboxylic acids is 1. The normalized spacial score (nSPS) is 11.6. The molecule has 0 radical (unpaired) electrons. The Morgan fingerprint density at radius 2 is 1.86 bits per heavy atom. The number of thiazole rings is 1. The lowest BCUT2D eigenvalue weighted by atomic mass is 9.86. The maximum Gasteiger partial charge on any atom is 0.308 e. The fraction of sp³-hybridized carbons (Fsp3) is 0.412. The van der Waals surface area contributed by atoms with Crippen LogP contribution in [0.2, 0.25) is 0 Å². The number of benzene rings is 1. The van der Waals surface area contributed by atoms with E-state index < -0.39 is 5.97 Å². The van der Waals surface area contributed by atoms with Gasteiger partial charge in [-0.15, -0.1) is 11.3 Å². The highest BCUT2D eigenvalue weighted by Crippen LogP contribution is 2.33. The lowest BCUT2D eigenvalue weighted by molar-refractivity contribution is -0.136. The molecular formula is C17H21NO2S. The molecule has 0 saturated heterocycles. The maximum atomic E-state index is 10.9. The van der Waals surface area contributed by atoms with Crippen molar-refractivity contribution >= 4 is 17.3 Å². The van der Waals surface area contributed by atoms with Crippen molar-refractivity contribution in [1.82, 2.24) is 4.98 Å². The molecule has 1 aromatic heterocycles. The predicted octanol–water partition coefficient (Wildman–Crippen LogP) is 3.91. The van der Waals surface area contributed by atoms with E-state index in [2.05, 4.69) is 50.0 Å². The van der Waals surface area contributed by atoms with Crippen LogP contribution in [0.15, 0.2) is 24.3 Å². The van der Waals surface area contributed by atoms with Crippen molar-refractivity contribution in [2.75, 3.05) is 0 Å². The first-order valence-corrected chi connectivity index (χ1v) is 7.84. The van der Waals surface area contributed by atoms with E-state index in [0.717, 1.165) is 22.0 Å². The van der Waals surface area contributed by atoms with E-state index >= 15 is 0 Å². The second-order valence-corrected chi connectivity index (χ2v) is 7.23. The van der Waals surface area contributed by atoms with Gasteiger partial charge in [0.25, 0.3) is 0 Å². The molecule has 1 heterocycles. The number of aromatic nitrogens is 1. The summed E-state index contributed by atoms with van der Waals surface area (Å²) in [6.07, 6.45) is 0.955. The van der Waals surface area contributed by atoms with Crippen LogP contribution in [0.5, 0.6) is 0 Å². The first-order chi connectivity index (χ1) is 9.78.